The lowest BCUT2D eigenvalue weighted by Gasteiger charge is -2.24. The highest BCUT2D eigenvalue weighted by molar-refractivity contribution is 7.90. The van der Waals surface area contributed by atoms with Gasteiger partial charge in [-0.3, -0.25) is 4.90 Å². The molecular weight excluding hydrogens is 420 g/mol. The maximum atomic E-state index is 13.0. The van der Waals surface area contributed by atoms with E-state index in [9.17, 15) is 16.8 Å². The summed E-state index contributed by atoms with van der Waals surface area (Å²) >= 11 is 0. The van der Waals surface area contributed by atoms with Crippen LogP contribution in [0.4, 0.5) is 0 Å². The summed E-state index contributed by atoms with van der Waals surface area (Å²) in [6, 6.07) is 13.9. The summed E-state index contributed by atoms with van der Waals surface area (Å²) in [5, 5.41) is 0. The fourth-order valence-corrected chi connectivity index (χ4v) is 5.75. The van der Waals surface area contributed by atoms with E-state index in [0.29, 0.717) is 12.5 Å². The monoisotopic (exact) mass is 450 g/mol. The molecule has 8 heteroatoms. The molecule has 0 saturated carbocycles. The normalized spacial score (nSPS) is 18.4. The third-order valence-electron chi connectivity index (χ3n) is 5.74. The lowest BCUT2D eigenvalue weighted by atomic mass is 10.0. The van der Waals surface area contributed by atoms with E-state index < -0.39 is 19.9 Å². The Morgan fingerprint density at radius 1 is 0.967 bits per heavy atom. The Kier molecular flexibility index (Phi) is 6.72. The largest absolute Gasteiger partial charge is 0.297 e. The van der Waals surface area contributed by atoms with E-state index in [-0.39, 0.29) is 15.8 Å². The maximum Gasteiger partial charge on any atom is 0.243 e. The summed E-state index contributed by atoms with van der Waals surface area (Å²) < 4.78 is 50.6. The van der Waals surface area contributed by atoms with E-state index in [0.717, 1.165) is 25.8 Å². The van der Waals surface area contributed by atoms with Gasteiger partial charge >= 0.3 is 0 Å². The standard InChI is InChI=1S/C22H30N2O4S2/c1-17(2)19-7-5-18(6-8-19)15-24-14-13-20(16-24)23(3)30(27,28)22-11-9-21(10-12-22)29(4,25)26/h5-12,17,20H,13-16H2,1-4H3. The Hall–Kier alpha value is -1.74. The van der Waals surface area contributed by atoms with E-state index in [1.54, 1.807) is 7.05 Å². The van der Waals surface area contributed by atoms with Gasteiger partial charge in [0, 0.05) is 39.0 Å². The minimum absolute atomic E-state index is 0.111. The zero-order chi connectivity index (χ0) is 22.1. The molecule has 0 N–H and O–H groups in total. The van der Waals surface area contributed by atoms with Gasteiger partial charge in [0.25, 0.3) is 0 Å². The van der Waals surface area contributed by atoms with Gasteiger partial charge in [-0.2, -0.15) is 4.31 Å². The van der Waals surface area contributed by atoms with Crippen molar-refractivity contribution in [2.45, 2.75) is 48.6 Å². The fraction of sp³-hybridized carbons (Fsp3) is 0.455. The maximum absolute atomic E-state index is 13.0. The van der Waals surface area contributed by atoms with Crippen molar-refractivity contribution in [1.82, 2.24) is 9.21 Å². The topological polar surface area (TPSA) is 74.8 Å². The van der Waals surface area contributed by atoms with Crippen LogP contribution >= 0.6 is 0 Å². The Morgan fingerprint density at radius 2 is 1.53 bits per heavy atom. The van der Waals surface area contributed by atoms with Crippen LogP contribution in [0.5, 0.6) is 0 Å². The number of likely N-dealkylation sites (tertiary alicyclic amines) is 1. The first-order valence-electron chi connectivity index (χ1n) is 10.1. The van der Waals surface area contributed by atoms with Crippen LogP contribution in [0.1, 0.15) is 37.3 Å². The van der Waals surface area contributed by atoms with E-state index in [2.05, 4.69) is 43.0 Å². The molecule has 6 nitrogen and oxygen atoms in total. The number of nitrogens with zero attached hydrogens (tertiary/aromatic N) is 2. The number of benzene rings is 2. The van der Waals surface area contributed by atoms with Crippen LogP contribution in [0.25, 0.3) is 0 Å². The third-order valence-corrected chi connectivity index (χ3v) is 8.80. The van der Waals surface area contributed by atoms with Crippen molar-refractivity contribution in [2.75, 3.05) is 26.4 Å². The molecule has 1 saturated heterocycles. The van der Waals surface area contributed by atoms with Crippen LogP contribution in [-0.4, -0.2) is 58.5 Å². The second-order valence-corrected chi connectivity index (χ2v) is 12.4. The quantitative estimate of drug-likeness (QED) is 0.648. The van der Waals surface area contributed by atoms with Gasteiger partial charge in [-0.1, -0.05) is 38.1 Å². The van der Waals surface area contributed by atoms with Gasteiger partial charge in [-0.25, -0.2) is 16.8 Å². The van der Waals surface area contributed by atoms with Crippen molar-refractivity contribution in [2.24, 2.45) is 0 Å². The van der Waals surface area contributed by atoms with Gasteiger partial charge in [0.2, 0.25) is 10.0 Å². The average Bonchev–Trinajstić information content (AvgIpc) is 3.15. The van der Waals surface area contributed by atoms with E-state index in [1.165, 1.54) is 39.7 Å². The minimum Gasteiger partial charge on any atom is -0.297 e. The molecular formula is C22H30N2O4S2. The van der Waals surface area contributed by atoms with Crippen molar-refractivity contribution in [3.8, 4) is 0 Å². The van der Waals surface area contributed by atoms with Crippen molar-refractivity contribution < 1.29 is 16.8 Å². The van der Waals surface area contributed by atoms with E-state index >= 15 is 0 Å². The lowest BCUT2D eigenvalue weighted by Crippen LogP contribution is -2.38. The van der Waals surface area contributed by atoms with E-state index in [4.69, 9.17) is 0 Å². The SMILES string of the molecule is CC(C)c1ccc(CN2CCC(N(C)S(=O)(=O)c3ccc(S(C)(=O)=O)cc3)C2)cc1. The molecule has 0 spiro atoms. The summed E-state index contributed by atoms with van der Waals surface area (Å²) in [5.74, 6) is 0.501. The molecule has 0 amide bonds. The highest BCUT2D eigenvalue weighted by Crippen LogP contribution is 2.24. The second-order valence-electron chi connectivity index (χ2n) is 8.34. The minimum atomic E-state index is -3.68. The van der Waals surface area contributed by atoms with Crippen LogP contribution in [0.2, 0.25) is 0 Å². The van der Waals surface area contributed by atoms with E-state index in [1.807, 2.05) is 0 Å². The second kappa shape index (κ2) is 8.78. The molecule has 0 radical (unpaired) electrons. The average molecular weight is 451 g/mol. The number of rotatable bonds is 7. The first-order valence-corrected chi connectivity index (χ1v) is 13.4. The zero-order valence-electron chi connectivity index (χ0n) is 17.9. The summed E-state index contributed by atoms with van der Waals surface area (Å²) in [6.07, 6.45) is 1.87. The number of sulfonamides is 1. The fourth-order valence-electron chi connectivity index (χ4n) is 3.74. The van der Waals surface area contributed by atoms with Gasteiger partial charge in [-0.05, 0) is 47.7 Å². The van der Waals surface area contributed by atoms with Gasteiger partial charge in [-0.15, -0.1) is 0 Å². The molecule has 0 aromatic heterocycles. The molecule has 1 atom stereocenters. The molecule has 1 heterocycles. The Balaban J connectivity index is 1.66. The molecule has 1 aliphatic heterocycles. The molecule has 164 valence electrons. The van der Waals surface area contributed by atoms with Gasteiger partial charge in [0.1, 0.15) is 0 Å². The first-order chi connectivity index (χ1) is 14.0. The molecule has 0 bridgehead atoms. The highest BCUT2D eigenvalue weighted by Gasteiger charge is 2.33. The van der Waals surface area contributed by atoms with Crippen LogP contribution < -0.4 is 0 Å². The van der Waals surface area contributed by atoms with Gasteiger partial charge in [0.05, 0.1) is 9.79 Å². The number of hydrogen-bond donors (Lipinski definition) is 0. The smallest absolute Gasteiger partial charge is 0.243 e. The number of likely N-dealkylation sites (N-methyl/N-ethyl adjacent to an activating group) is 1. The summed E-state index contributed by atoms with van der Waals surface area (Å²) in [7, 11) is -5.44. The molecule has 30 heavy (non-hydrogen) atoms. The van der Waals surface area contributed by atoms with Crippen LogP contribution in [0.15, 0.2) is 58.3 Å². The summed E-state index contributed by atoms with van der Waals surface area (Å²) in [4.78, 5) is 2.49. The summed E-state index contributed by atoms with van der Waals surface area (Å²) in [6.45, 7) is 6.65. The molecule has 3 rings (SSSR count). The van der Waals surface area contributed by atoms with Crippen LogP contribution in [-0.2, 0) is 26.4 Å². The van der Waals surface area contributed by atoms with Crippen LogP contribution in [0, 0.1) is 0 Å². The lowest BCUT2D eigenvalue weighted by molar-refractivity contribution is 0.298. The molecule has 2 aromatic rings. The molecule has 1 aliphatic rings. The van der Waals surface area contributed by atoms with Crippen molar-refractivity contribution >= 4 is 19.9 Å². The Labute approximate surface area is 180 Å². The molecule has 1 fully saturated rings. The Morgan fingerprint density at radius 3 is 2.07 bits per heavy atom. The zero-order valence-corrected chi connectivity index (χ0v) is 19.6. The predicted octanol–water partition coefficient (Wildman–Crippen LogP) is 3.11. The van der Waals surface area contributed by atoms with Crippen molar-refractivity contribution in [3.63, 3.8) is 0 Å². The highest BCUT2D eigenvalue weighted by atomic mass is 32.2. The molecule has 0 aliphatic carbocycles. The third kappa shape index (κ3) is 5.11. The first kappa shape index (κ1) is 22.9. The number of hydrogen-bond acceptors (Lipinski definition) is 5. The molecule has 2 aromatic carbocycles. The van der Waals surface area contributed by atoms with Gasteiger partial charge in [0.15, 0.2) is 9.84 Å². The summed E-state index contributed by atoms with van der Waals surface area (Å²) in [5.41, 5.74) is 2.53. The number of sulfone groups is 1. The van der Waals surface area contributed by atoms with Crippen LogP contribution in [0.3, 0.4) is 0 Å². The van der Waals surface area contributed by atoms with Crippen molar-refractivity contribution in [1.29, 1.82) is 0 Å². The Bertz CT molecular complexity index is 1080. The van der Waals surface area contributed by atoms with Gasteiger partial charge < -0.3 is 0 Å². The molecule has 1 unspecified atom stereocenters. The predicted molar refractivity (Wildman–Crippen MR) is 119 cm³/mol. The van der Waals surface area contributed by atoms with Crippen molar-refractivity contribution in [3.05, 3.63) is 59.7 Å².